The zero-order valence-corrected chi connectivity index (χ0v) is 15.3. The van der Waals surface area contributed by atoms with E-state index in [1.54, 1.807) is 29.2 Å². The number of hydrogen-bond acceptors (Lipinski definition) is 5. The maximum atomic E-state index is 14.4. The summed E-state index contributed by atoms with van der Waals surface area (Å²) in [7, 11) is -3.19. The average molecular weight is 394 g/mol. The number of hydrogen-bond donors (Lipinski definition) is 0. The van der Waals surface area contributed by atoms with Gasteiger partial charge in [0.15, 0.2) is 15.0 Å². The summed E-state index contributed by atoms with van der Waals surface area (Å²) in [5.41, 5.74) is 1.11. The topological polar surface area (TPSA) is 49.7 Å². The molecule has 2 aromatic carbocycles. The van der Waals surface area contributed by atoms with Crippen molar-refractivity contribution < 1.29 is 17.2 Å². The number of sulfone groups is 1. The van der Waals surface area contributed by atoms with Gasteiger partial charge in [0.05, 0.1) is 29.3 Å². The van der Waals surface area contributed by atoms with E-state index >= 15 is 0 Å². The van der Waals surface area contributed by atoms with Gasteiger partial charge in [-0.05, 0) is 29.8 Å². The van der Waals surface area contributed by atoms with Gasteiger partial charge in [-0.15, -0.1) is 0 Å². The van der Waals surface area contributed by atoms with Gasteiger partial charge in [0.2, 0.25) is 0 Å². The van der Waals surface area contributed by atoms with Gasteiger partial charge in [0, 0.05) is 5.75 Å². The van der Waals surface area contributed by atoms with Crippen molar-refractivity contribution >= 4 is 32.5 Å². The number of rotatable bonds is 3. The molecule has 2 atom stereocenters. The molecule has 4 rings (SSSR count). The fourth-order valence-electron chi connectivity index (χ4n) is 3.34. The molecule has 136 valence electrons. The zero-order chi connectivity index (χ0) is 18.3. The number of para-hydroxylation sites is 1. The fourth-order valence-corrected chi connectivity index (χ4v) is 6.24. The Labute approximate surface area is 154 Å². The van der Waals surface area contributed by atoms with E-state index in [1.165, 1.54) is 30.0 Å². The molecule has 0 N–H and O–H groups in total. The molecule has 2 aromatic rings. The molecule has 4 nitrogen and oxygen atoms in total. The molecule has 0 amide bonds. The van der Waals surface area contributed by atoms with Gasteiger partial charge in [0.25, 0.3) is 0 Å². The molecule has 0 radical (unpaired) electrons. The number of halogens is 2. The molecule has 0 spiro atoms. The second kappa shape index (κ2) is 6.66. The van der Waals surface area contributed by atoms with Crippen LogP contribution < -0.4 is 4.90 Å². The third kappa shape index (κ3) is 3.35. The zero-order valence-electron chi connectivity index (χ0n) is 13.7. The largest absolute Gasteiger partial charge is 0.312 e. The minimum atomic E-state index is -3.19. The molecular weight excluding hydrogens is 378 g/mol. The van der Waals surface area contributed by atoms with Crippen LogP contribution in [0.2, 0.25) is 0 Å². The van der Waals surface area contributed by atoms with E-state index in [0.29, 0.717) is 16.6 Å². The molecule has 0 saturated carbocycles. The number of benzene rings is 2. The Bertz CT molecular complexity index is 979. The summed E-state index contributed by atoms with van der Waals surface area (Å²) < 4.78 is 51.7. The van der Waals surface area contributed by atoms with Crippen LogP contribution >= 0.6 is 11.8 Å². The van der Waals surface area contributed by atoms with Crippen molar-refractivity contribution in [3.8, 4) is 0 Å². The van der Waals surface area contributed by atoms with Gasteiger partial charge in [-0.2, -0.15) is 0 Å². The van der Waals surface area contributed by atoms with Crippen LogP contribution in [0.15, 0.2) is 53.5 Å². The maximum absolute atomic E-state index is 14.4. The Morgan fingerprint density at radius 3 is 2.69 bits per heavy atom. The monoisotopic (exact) mass is 394 g/mol. The van der Waals surface area contributed by atoms with Gasteiger partial charge in [-0.25, -0.2) is 17.2 Å². The van der Waals surface area contributed by atoms with Crippen molar-refractivity contribution in [2.75, 3.05) is 16.4 Å². The first-order valence-corrected chi connectivity index (χ1v) is 10.9. The molecule has 2 aliphatic rings. The minimum absolute atomic E-state index is 0.0212. The first-order chi connectivity index (χ1) is 12.4. The highest BCUT2D eigenvalue weighted by molar-refractivity contribution is 8.13. The quantitative estimate of drug-likeness (QED) is 0.802. The molecule has 1 saturated heterocycles. The molecule has 0 bridgehead atoms. The van der Waals surface area contributed by atoms with Crippen LogP contribution in [-0.4, -0.2) is 37.2 Å². The van der Waals surface area contributed by atoms with Crippen molar-refractivity contribution in [2.24, 2.45) is 4.99 Å². The van der Waals surface area contributed by atoms with Crippen LogP contribution in [0.3, 0.4) is 0 Å². The third-order valence-electron chi connectivity index (χ3n) is 4.48. The van der Waals surface area contributed by atoms with Gasteiger partial charge in [0.1, 0.15) is 11.6 Å². The summed E-state index contributed by atoms with van der Waals surface area (Å²) in [6.07, 6.45) is 0. The van der Waals surface area contributed by atoms with Crippen molar-refractivity contribution in [1.82, 2.24) is 0 Å². The highest BCUT2D eigenvalue weighted by Crippen LogP contribution is 2.36. The lowest BCUT2D eigenvalue weighted by atomic mass is 10.1. The number of fused-ring (bicyclic) bond motifs is 1. The highest BCUT2D eigenvalue weighted by atomic mass is 32.2. The molecule has 1 fully saturated rings. The van der Waals surface area contributed by atoms with Crippen LogP contribution in [0.5, 0.6) is 0 Å². The van der Waals surface area contributed by atoms with Crippen LogP contribution in [0.25, 0.3) is 0 Å². The standard InChI is InChI=1S/C18H16F2N2O2S2/c19-13-5-3-4-12(8-13)9-25-18-21-15-10-26(23,24)11-17(15)22(18)16-7-2-1-6-14(16)20/h1-8,15,17H,9-11H2/t15-,17-/m1/s1. The van der Waals surface area contributed by atoms with Gasteiger partial charge < -0.3 is 4.90 Å². The van der Waals surface area contributed by atoms with Crippen molar-refractivity contribution in [1.29, 1.82) is 0 Å². The summed E-state index contributed by atoms with van der Waals surface area (Å²) >= 11 is 1.36. The lowest BCUT2D eigenvalue weighted by Gasteiger charge is -2.26. The average Bonchev–Trinajstić information content (AvgIpc) is 3.05. The summed E-state index contributed by atoms with van der Waals surface area (Å²) in [6, 6.07) is 11.8. The van der Waals surface area contributed by atoms with E-state index in [1.807, 2.05) is 6.07 Å². The van der Waals surface area contributed by atoms with E-state index in [0.717, 1.165) is 5.56 Å². The first-order valence-electron chi connectivity index (χ1n) is 8.12. The predicted octanol–water partition coefficient (Wildman–Crippen LogP) is 3.24. The van der Waals surface area contributed by atoms with Crippen molar-refractivity contribution in [3.63, 3.8) is 0 Å². The first kappa shape index (κ1) is 17.5. The molecular formula is C18H16F2N2O2S2. The summed E-state index contributed by atoms with van der Waals surface area (Å²) in [4.78, 5) is 6.24. The Morgan fingerprint density at radius 1 is 1.12 bits per heavy atom. The van der Waals surface area contributed by atoms with Gasteiger partial charge in [-0.1, -0.05) is 36.0 Å². The van der Waals surface area contributed by atoms with Crippen LogP contribution in [0.1, 0.15) is 5.56 Å². The lowest BCUT2D eigenvalue weighted by molar-refractivity contribution is 0.600. The van der Waals surface area contributed by atoms with Crippen LogP contribution in [-0.2, 0) is 15.6 Å². The number of aliphatic imine (C=N–C) groups is 1. The van der Waals surface area contributed by atoms with E-state index in [9.17, 15) is 17.2 Å². The molecule has 8 heteroatoms. The molecule has 2 aliphatic heterocycles. The second-order valence-electron chi connectivity index (χ2n) is 6.36. The Hall–Kier alpha value is -1.93. The van der Waals surface area contributed by atoms with E-state index in [2.05, 4.69) is 4.99 Å². The third-order valence-corrected chi connectivity index (χ3v) is 7.21. The fraction of sp³-hybridized carbons (Fsp3) is 0.278. The van der Waals surface area contributed by atoms with E-state index < -0.39 is 27.7 Å². The van der Waals surface area contributed by atoms with Crippen LogP contribution in [0.4, 0.5) is 14.5 Å². The Balaban J connectivity index is 1.64. The minimum Gasteiger partial charge on any atom is -0.312 e. The summed E-state index contributed by atoms with van der Waals surface area (Å²) in [5.74, 6) is -0.332. The predicted molar refractivity (Wildman–Crippen MR) is 100 cm³/mol. The second-order valence-corrected chi connectivity index (χ2v) is 9.46. The van der Waals surface area contributed by atoms with Crippen molar-refractivity contribution in [3.05, 3.63) is 65.7 Å². The smallest absolute Gasteiger partial charge is 0.164 e. The number of nitrogens with zero attached hydrogens (tertiary/aromatic N) is 2. The molecule has 0 unspecified atom stereocenters. The van der Waals surface area contributed by atoms with E-state index in [4.69, 9.17) is 0 Å². The Kier molecular flexibility index (Phi) is 4.48. The number of anilines is 1. The molecule has 0 aromatic heterocycles. The molecule has 2 heterocycles. The van der Waals surface area contributed by atoms with E-state index in [-0.39, 0.29) is 17.3 Å². The molecule has 0 aliphatic carbocycles. The molecule has 26 heavy (non-hydrogen) atoms. The summed E-state index contributed by atoms with van der Waals surface area (Å²) in [5, 5.41) is 0.573. The van der Waals surface area contributed by atoms with Crippen molar-refractivity contribution in [2.45, 2.75) is 17.8 Å². The number of thioether (sulfide) groups is 1. The summed E-state index contributed by atoms with van der Waals surface area (Å²) in [6.45, 7) is 0. The maximum Gasteiger partial charge on any atom is 0.164 e. The normalized spacial score (nSPS) is 23.8. The van der Waals surface area contributed by atoms with Gasteiger partial charge >= 0.3 is 0 Å². The Morgan fingerprint density at radius 2 is 1.92 bits per heavy atom. The number of amidine groups is 1. The van der Waals surface area contributed by atoms with Gasteiger partial charge in [-0.3, -0.25) is 4.99 Å². The SMILES string of the molecule is O=S1(=O)C[C@@H]2[C@@H](C1)N=C(SCc1cccc(F)c1)N2c1ccccc1F. The highest BCUT2D eigenvalue weighted by Gasteiger charge is 2.47. The lowest BCUT2D eigenvalue weighted by Crippen LogP contribution is -2.39. The van der Waals surface area contributed by atoms with Crippen LogP contribution in [0, 0.1) is 11.6 Å².